The summed E-state index contributed by atoms with van der Waals surface area (Å²) in [4.78, 5) is 12.8. The summed E-state index contributed by atoms with van der Waals surface area (Å²) in [6, 6.07) is 8.10. The number of amides is 1. The molecule has 1 aromatic carbocycles. The first-order chi connectivity index (χ1) is 8.03. The van der Waals surface area contributed by atoms with Crippen LogP contribution in [0.15, 0.2) is 35.2 Å². The highest BCUT2D eigenvalue weighted by molar-refractivity contribution is 7.92. The van der Waals surface area contributed by atoms with Crippen molar-refractivity contribution >= 4 is 15.9 Å². The standard InChI is InChI=1S/C11H13NO4S/c1-9(12-7-8-16-11(12)13)17(14,15)10-5-3-2-4-6-10/h2-6,9H,7-8H2,1H3/t9-/m0/s1. The molecule has 1 aliphatic rings. The van der Waals surface area contributed by atoms with E-state index in [1.165, 1.54) is 24.0 Å². The summed E-state index contributed by atoms with van der Waals surface area (Å²) in [5, 5.41) is -0.903. The number of hydrogen-bond donors (Lipinski definition) is 0. The molecule has 1 aliphatic heterocycles. The summed E-state index contributed by atoms with van der Waals surface area (Å²) in [6.45, 7) is 2.05. The fourth-order valence-corrected chi connectivity index (χ4v) is 3.17. The summed E-state index contributed by atoms with van der Waals surface area (Å²) < 4.78 is 29.2. The maximum Gasteiger partial charge on any atom is 0.411 e. The van der Waals surface area contributed by atoms with Crippen molar-refractivity contribution in [3.63, 3.8) is 0 Å². The maximum absolute atomic E-state index is 12.2. The Kier molecular flexibility index (Phi) is 3.06. The van der Waals surface area contributed by atoms with Gasteiger partial charge in [-0.2, -0.15) is 0 Å². The normalized spacial score (nSPS) is 17.9. The van der Waals surface area contributed by atoms with E-state index in [0.717, 1.165) is 0 Å². The van der Waals surface area contributed by atoms with Gasteiger partial charge in [-0.3, -0.25) is 4.90 Å². The monoisotopic (exact) mass is 255 g/mol. The molecule has 0 aromatic heterocycles. The molecule has 1 heterocycles. The van der Waals surface area contributed by atoms with Gasteiger partial charge in [-0.15, -0.1) is 0 Å². The van der Waals surface area contributed by atoms with Gasteiger partial charge in [-0.25, -0.2) is 13.2 Å². The van der Waals surface area contributed by atoms with Crippen LogP contribution in [0, 0.1) is 0 Å². The number of hydrogen-bond acceptors (Lipinski definition) is 4. The highest BCUT2D eigenvalue weighted by Crippen LogP contribution is 2.20. The van der Waals surface area contributed by atoms with Crippen LogP contribution in [-0.2, 0) is 14.6 Å². The van der Waals surface area contributed by atoms with Crippen molar-refractivity contribution in [3.8, 4) is 0 Å². The van der Waals surface area contributed by atoms with Crippen LogP contribution < -0.4 is 0 Å². The largest absolute Gasteiger partial charge is 0.447 e. The Hall–Kier alpha value is -1.56. The molecule has 0 radical (unpaired) electrons. The van der Waals surface area contributed by atoms with Gasteiger partial charge in [0.15, 0.2) is 9.84 Å². The van der Waals surface area contributed by atoms with E-state index >= 15 is 0 Å². The van der Waals surface area contributed by atoms with Gasteiger partial charge in [0.2, 0.25) is 0 Å². The molecule has 17 heavy (non-hydrogen) atoms. The molecule has 0 spiro atoms. The molecule has 1 saturated heterocycles. The summed E-state index contributed by atoms with van der Waals surface area (Å²) >= 11 is 0. The van der Waals surface area contributed by atoms with Gasteiger partial charge in [0.05, 0.1) is 11.4 Å². The van der Waals surface area contributed by atoms with Crippen molar-refractivity contribution < 1.29 is 17.9 Å². The van der Waals surface area contributed by atoms with E-state index in [1.807, 2.05) is 0 Å². The Balaban J connectivity index is 2.30. The van der Waals surface area contributed by atoms with E-state index in [0.29, 0.717) is 6.54 Å². The SMILES string of the molecule is C[C@@H](N1CCOC1=O)S(=O)(=O)c1ccccc1. The second-order valence-electron chi connectivity index (χ2n) is 3.77. The first-order valence-corrected chi connectivity index (χ1v) is 6.80. The summed E-state index contributed by atoms with van der Waals surface area (Å²) in [5.41, 5.74) is 0. The average Bonchev–Trinajstić information content (AvgIpc) is 2.75. The van der Waals surface area contributed by atoms with E-state index in [4.69, 9.17) is 4.74 Å². The molecule has 0 bridgehead atoms. The highest BCUT2D eigenvalue weighted by atomic mass is 32.2. The number of sulfone groups is 1. The number of nitrogens with zero attached hydrogens (tertiary/aromatic N) is 1. The second-order valence-corrected chi connectivity index (χ2v) is 6.01. The lowest BCUT2D eigenvalue weighted by Gasteiger charge is -2.21. The lowest BCUT2D eigenvalue weighted by molar-refractivity contribution is 0.156. The van der Waals surface area contributed by atoms with E-state index in [2.05, 4.69) is 0 Å². The Morgan fingerprint density at radius 3 is 2.47 bits per heavy atom. The Bertz CT molecular complexity index is 512. The molecular weight excluding hydrogens is 242 g/mol. The number of benzene rings is 1. The molecule has 6 heteroatoms. The molecule has 1 fully saturated rings. The van der Waals surface area contributed by atoms with Crippen LogP contribution in [0.5, 0.6) is 0 Å². The fourth-order valence-electron chi connectivity index (χ4n) is 1.71. The molecule has 1 aromatic rings. The first kappa shape index (κ1) is 11.9. The van der Waals surface area contributed by atoms with Crippen LogP contribution >= 0.6 is 0 Å². The third-order valence-corrected chi connectivity index (χ3v) is 4.83. The van der Waals surface area contributed by atoms with Gasteiger partial charge >= 0.3 is 6.09 Å². The minimum Gasteiger partial charge on any atom is -0.447 e. The first-order valence-electron chi connectivity index (χ1n) is 5.26. The maximum atomic E-state index is 12.2. The molecule has 1 atom stereocenters. The molecule has 2 rings (SSSR count). The summed E-state index contributed by atoms with van der Waals surface area (Å²) in [5.74, 6) is 0. The number of cyclic esters (lactones) is 1. The van der Waals surface area contributed by atoms with Crippen LogP contribution in [0.1, 0.15) is 6.92 Å². The van der Waals surface area contributed by atoms with E-state index < -0.39 is 21.3 Å². The van der Waals surface area contributed by atoms with Gasteiger partial charge in [-0.05, 0) is 19.1 Å². The smallest absolute Gasteiger partial charge is 0.411 e. The lowest BCUT2D eigenvalue weighted by Crippen LogP contribution is -2.39. The number of rotatable bonds is 3. The molecule has 0 aliphatic carbocycles. The third kappa shape index (κ3) is 2.12. The van der Waals surface area contributed by atoms with Gasteiger partial charge in [0, 0.05) is 0 Å². The molecule has 0 saturated carbocycles. The Morgan fingerprint density at radius 1 is 1.29 bits per heavy atom. The zero-order chi connectivity index (χ0) is 12.5. The minimum absolute atomic E-state index is 0.215. The van der Waals surface area contributed by atoms with Crippen molar-refractivity contribution in [2.75, 3.05) is 13.2 Å². The number of carbonyl (C=O) groups excluding carboxylic acids is 1. The molecule has 92 valence electrons. The van der Waals surface area contributed by atoms with Gasteiger partial charge in [0.1, 0.15) is 12.0 Å². The van der Waals surface area contributed by atoms with Crippen molar-refractivity contribution in [2.45, 2.75) is 17.2 Å². The molecule has 0 N–H and O–H groups in total. The van der Waals surface area contributed by atoms with Crippen LogP contribution in [0.4, 0.5) is 4.79 Å². The minimum atomic E-state index is -3.53. The quantitative estimate of drug-likeness (QED) is 0.815. The summed E-state index contributed by atoms with van der Waals surface area (Å²) in [6.07, 6.45) is -0.572. The lowest BCUT2D eigenvalue weighted by atomic mass is 10.4. The van der Waals surface area contributed by atoms with Gasteiger partial charge < -0.3 is 4.74 Å². The summed E-state index contributed by atoms with van der Waals surface area (Å²) in [7, 11) is -3.53. The van der Waals surface area contributed by atoms with Crippen molar-refractivity contribution in [3.05, 3.63) is 30.3 Å². The highest BCUT2D eigenvalue weighted by Gasteiger charge is 2.35. The third-order valence-electron chi connectivity index (χ3n) is 2.75. The van der Waals surface area contributed by atoms with Crippen LogP contribution in [0.25, 0.3) is 0 Å². The zero-order valence-electron chi connectivity index (χ0n) is 9.37. The predicted molar refractivity (Wildman–Crippen MR) is 61.1 cm³/mol. The topological polar surface area (TPSA) is 63.7 Å². The Labute approximate surface area is 99.9 Å². The fraction of sp³-hybridized carbons (Fsp3) is 0.364. The molecule has 0 unspecified atom stereocenters. The van der Waals surface area contributed by atoms with E-state index in [9.17, 15) is 13.2 Å². The van der Waals surface area contributed by atoms with E-state index in [-0.39, 0.29) is 11.5 Å². The van der Waals surface area contributed by atoms with Crippen LogP contribution in [-0.4, -0.2) is 37.9 Å². The number of ether oxygens (including phenoxy) is 1. The Morgan fingerprint density at radius 2 is 1.94 bits per heavy atom. The molecule has 1 amide bonds. The second kappa shape index (κ2) is 4.37. The van der Waals surface area contributed by atoms with Crippen molar-refractivity contribution in [1.29, 1.82) is 0 Å². The van der Waals surface area contributed by atoms with Gasteiger partial charge in [-0.1, -0.05) is 18.2 Å². The van der Waals surface area contributed by atoms with Gasteiger partial charge in [0.25, 0.3) is 0 Å². The molecule has 5 nitrogen and oxygen atoms in total. The van der Waals surface area contributed by atoms with Crippen LogP contribution in [0.3, 0.4) is 0 Å². The van der Waals surface area contributed by atoms with Crippen LogP contribution in [0.2, 0.25) is 0 Å². The average molecular weight is 255 g/mol. The van der Waals surface area contributed by atoms with Crippen molar-refractivity contribution in [1.82, 2.24) is 4.90 Å². The predicted octanol–water partition coefficient (Wildman–Crippen LogP) is 1.26. The number of carbonyl (C=O) groups is 1. The van der Waals surface area contributed by atoms with E-state index in [1.54, 1.807) is 18.2 Å². The van der Waals surface area contributed by atoms with Crippen molar-refractivity contribution in [2.24, 2.45) is 0 Å². The molecular formula is C11H13NO4S. The zero-order valence-corrected chi connectivity index (χ0v) is 10.2.